The monoisotopic (exact) mass is 215 g/mol. The van der Waals surface area contributed by atoms with Gasteiger partial charge in [0.1, 0.15) is 6.04 Å². The Labute approximate surface area is 88.5 Å². The SMILES string of the molecule is O=C(O)CNC(C(=O)O)C1CCCCC1. The summed E-state index contributed by atoms with van der Waals surface area (Å²) in [5.41, 5.74) is 0. The number of hydrogen-bond donors (Lipinski definition) is 3. The Hall–Kier alpha value is -1.10. The van der Waals surface area contributed by atoms with E-state index in [4.69, 9.17) is 10.2 Å². The van der Waals surface area contributed by atoms with E-state index in [1.807, 2.05) is 0 Å². The molecule has 0 saturated heterocycles. The van der Waals surface area contributed by atoms with E-state index in [0.29, 0.717) is 0 Å². The number of aliphatic carboxylic acids is 2. The van der Waals surface area contributed by atoms with E-state index in [9.17, 15) is 9.59 Å². The average Bonchev–Trinajstić information content (AvgIpc) is 2.18. The van der Waals surface area contributed by atoms with Crippen LogP contribution in [-0.2, 0) is 9.59 Å². The Balaban J connectivity index is 2.48. The van der Waals surface area contributed by atoms with Crippen LogP contribution < -0.4 is 5.32 Å². The van der Waals surface area contributed by atoms with Crippen LogP contribution in [0.4, 0.5) is 0 Å². The third-order valence-corrected chi connectivity index (χ3v) is 2.86. The molecule has 0 aromatic heterocycles. The van der Waals surface area contributed by atoms with Crippen LogP contribution in [0.2, 0.25) is 0 Å². The van der Waals surface area contributed by atoms with Gasteiger partial charge in [-0.25, -0.2) is 0 Å². The predicted octanol–water partition coefficient (Wildman–Crippen LogP) is 0.694. The second-order valence-corrected chi connectivity index (χ2v) is 3.99. The fraction of sp³-hybridized carbons (Fsp3) is 0.800. The number of carboxylic acid groups (broad SMARTS) is 2. The van der Waals surface area contributed by atoms with Crippen molar-refractivity contribution in [2.75, 3.05) is 6.54 Å². The van der Waals surface area contributed by atoms with Crippen molar-refractivity contribution in [2.24, 2.45) is 5.92 Å². The topological polar surface area (TPSA) is 86.6 Å². The summed E-state index contributed by atoms with van der Waals surface area (Å²) in [7, 11) is 0. The Morgan fingerprint density at radius 2 is 1.80 bits per heavy atom. The van der Waals surface area contributed by atoms with Gasteiger partial charge in [0.25, 0.3) is 0 Å². The molecule has 1 fully saturated rings. The zero-order valence-electron chi connectivity index (χ0n) is 8.61. The molecule has 0 heterocycles. The highest BCUT2D eigenvalue weighted by Crippen LogP contribution is 2.26. The summed E-state index contributed by atoms with van der Waals surface area (Å²) in [4.78, 5) is 21.3. The fourth-order valence-electron chi connectivity index (χ4n) is 2.12. The molecule has 1 saturated carbocycles. The lowest BCUT2D eigenvalue weighted by molar-refractivity contribution is -0.142. The van der Waals surface area contributed by atoms with Gasteiger partial charge in [0.2, 0.25) is 0 Å². The molecule has 1 rings (SSSR count). The Kier molecular flexibility index (Phi) is 4.55. The Morgan fingerprint density at radius 1 is 1.20 bits per heavy atom. The lowest BCUT2D eigenvalue weighted by Crippen LogP contribution is -2.45. The lowest BCUT2D eigenvalue weighted by atomic mass is 9.84. The van der Waals surface area contributed by atoms with Gasteiger partial charge in [-0.1, -0.05) is 19.3 Å². The van der Waals surface area contributed by atoms with Crippen LogP contribution in [0.3, 0.4) is 0 Å². The first-order chi connectivity index (χ1) is 7.11. The second-order valence-electron chi connectivity index (χ2n) is 3.99. The summed E-state index contributed by atoms with van der Waals surface area (Å²) >= 11 is 0. The Morgan fingerprint density at radius 3 is 2.27 bits per heavy atom. The van der Waals surface area contributed by atoms with Crippen molar-refractivity contribution in [2.45, 2.75) is 38.1 Å². The molecular weight excluding hydrogens is 198 g/mol. The summed E-state index contributed by atoms with van der Waals surface area (Å²) in [6.45, 7) is -0.284. The van der Waals surface area contributed by atoms with Gasteiger partial charge < -0.3 is 10.2 Å². The van der Waals surface area contributed by atoms with Gasteiger partial charge in [-0.05, 0) is 18.8 Å². The van der Waals surface area contributed by atoms with E-state index in [1.54, 1.807) is 0 Å². The first-order valence-corrected chi connectivity index (χ1v) is 5.29. The smallest absolute Gasteiger partial charge is 0.320 e. The minimum Gasteiger partial charge on any atom is -0.480 e. The molecule has 0 spiro atoms. The third kappa shape index (κ3) is 3.87. The van der Waals surface area contributed by atoms with Crippen LogP contribution in [0, 0.1) is 5.92 Å². The first kappa shape index (κ1) is 12.0. The minimum absolute atomic E-state index is 0.0793. The molecule has 0 amide bonds. The number of rotatable bonds is 5. The summed E-state index contributed by atoms with van der Waals surface area (Å²) in [5.74, 6) is -1.88. The highest BCUT2D eigenvalue weighted by Gasteiger charge is 2.29. The van der Waals surface area contributed by atoms with Crippen molar-refractivity contribution in [1.82, 2.24) is 5.32 Å². The van der Waals surface area contributed by atoms with Gasteiger partial charge in [0, 0.05) is 0 Å². The normalized spacial score (nSPS) is 19.7. The van der Waals surface area contributed by atoms with Crippen molar-refractivity contribution in [3.05, 3.63) is 0 Å². The second kappa shape index (κ2) is 5.70. The quantitative estimate of drug-likeness (QED) is 0.628. The molecular formula is C10H17NO4. The van der Waals surface area contributed by atoms with Crippen LogP contribution in [0.25, 0.3) is 0 Å². The molecule has 1 atom stereocenters. The fourth-order valence-corrected chi connectivity index (χ4v) is 2.12. The van der Waals surface area contributed by atoms with E-state index in [2.05, 4.69) is 5.32 Å². The molecule has 0 aliphatic heterocycles. The molecule has 0 bridgehead atoms. The van der Waals surface area contributed by atoms with Gasteiger partial charge >= 0.3 is 11.9 Å². The van der Waals surface area contributed by atoms with Gasteiger partial charge in [-0.2, -0.15) is 0 Å². The van der Waals surface area contributed by atoms with Gasteiger partial charge in [0.15, 0.2) is 0 Å². The van der Waals surface area contributed by atoms with Crippen molar-refractivity contribution < 1.29 is 19.8 Å². The van der Waals surface area contributed by atoms with Crippen LogP contribution >= 0.6 is 0 Å². The molecule has 0 radical (unpaired) electrons. The highest BCUT2D eigenvalue weighted by molar-refractivity contribution is 5.75. The van der Waals surface area contributed by atoms with E-state index in [0.717, 1.165) is 32.1 Å². The molecule has 1 aliphatic rings. The minimum atomic E-state index is -1.02. The van der Waals surface area contributed by atoms with Crippen LogP contribution in [0.15, 0.2) is 0 Å². The third-order valence-electron chi connectivity index (χ3n) is 2.86. The largest absolute Gasteiger partial charge is 0.480 e. The standard InChI is InChI=1S/C10H17NO4/c12-8(13)6-11-9(10(14)15)7-4-2-1-3-5-7/h7,9,11H,1-6H2,(H,12,13)(H,14,15). The summed E-state index contributed by atoms with van der Waals surface area (Å²) in [6.07, 6.45) is 5.00. The molecule has 1 aliphatic carbocycles. The molecule has 5 nitrogen and oxygen atoms in total. The van der Waals surface area contributed by atoms with E-state index >= 15 is 0 Å². The van der Waals surface area contributed by atoms with Gasteiger partial charge in [0.05, 0.1) is 6.54 Å². The molecule has 3 N–H and O–H groups in total. The number of carbonyl (C=O) groups is 2. The highest BCUT2D eigenvalue weighted by atomic mass is 16.4. The lowest BCUT2D eigenvalue weighted by Gasteiger charge is -2.27. The molecule has 15 heavy (non-hydrogen) atoms. The van der Waals surface area contributed by atoms with Crippen molar-refractivity contribution in [1.29, 1.82) is 0 Å². The average molecular weight is 215 g/mol. The maximum Gasteiger partial charge on any atom is 0.320 e. The first-order valence-electron chi connectivity index (χ1n) is 5.29. The van der Waals surface area contributed by atoms with Crippen molar-refractivity contribution >= 4 is 11.9 Å². The van der Waals surface area contributed by atoms with Crippen LogP contribution in [0.5, 0.6) is 0 Å². The maximum absolute atomic E-state index is 11.0. The zero-order chi connectivity index (χ0) is 11.3. The number of carboxylic acids is 2. The Bertz CT molecular complexity index is 236. The van der Waals surface area contributed by atoms with Crippen LogP contribution in [0.1, 0.15) is 32.1 Å². The molecule has 0 aromatic rings. The summed E-state index contributed by atoms with van der Waals surface area (Å²) in [5, 5.41) is 20.1. The van der Waals surface area contributed by atoms with E-state index in [1.165, 1.54) is 0 Å². The number of nitrogens with one attached hydrogen (secondary N) is 1. The summed E-state index contributed by atoms with van der Waals surface area (Å²) < 4.78 is 0. The molecule has 5 heteroatoms. The van der Waals surface area contributed by atoms with E-state index in [-0.39, 0.29) is 12.5 Å². The number of hydrogen-bond acceptors (Lipinski definition) is 3. The van der Waals surface area contributed by atoms with Crippen molar-refractivity contribution in [3.63, 3.8) is 0 Å². The van der Waals surface area contributed by atoms with Crippen LogP contribution in [-0.4, -0.2) is 34.7 Å². The predicted molar refractivity (Wildman–Crippen MR) is 53.6 cm³/mol. The summed E-state index contributed by atoms with van der Waals surface area (Å²) in [6, 6.07) is -0.707. The molecule has 86 valence electrons. The molecule has 0 aromatic carbocycles. The zero-order valence-corrected chi connectivity index (χ0v) is 8.61. The van der Waals surface area contributed by atoms with Crippen molar-refractivity contribution in [3.8, 4) is 0 Å². The van der Waals surface area contributed by atoms with Gasteiger partial charge in [-0.15, -0.1) is 0 Å². The van der Waals surface area contributed by atoms with E-state index < -0.39 is 18.0 Å². The van der Waals surface area contributed by atoms with Gasteiger partial charge in [-0.3, -0.25) is 14.9 Å². The molecule has 1 unspecified atom stereocenters. The maximum atomic E-state index is 11.0.